The summed E-state index contributed by atoms with van der Waals surface area (Å²) >= 11 is 1.48. The highest BCUT2D eigenvalue weighted by molar-refractivity contribution is 7.15. The van der Waals surface area contributed by atoms with Gasteiger partial charge < -0.3 is 5.32 Å². The third-order valence-electron chi connectivity index (χ3n) is 2.73. The molecule has 0 radical (unpaired) electrons. The van der Waals surface area contributed by atoms with Gasteiger partial charge >= 0.3 is 0 Å². The molecule has 0 spiro atoms. The van der Waals surface area contributed by atoms with E-state index in [4.69, 9.17) is 0 Å². The molecule has 1 saturated carbocycles. The van der Waals surface area contributed by atoms with Gasteiger partial charge in [-0.3, -0.25) is 4.79 Å². The average Bonchev–Trinajstić information content (AvgIpc) is 2.76. The molecule has 4 nitrogen and oxygen atoms in total. The Morgan fingerprint density at radius 1 is 1.56 bits per heavy atom. The number of nitrogens with zero attached hydrogens (tertiary/aromatic N) is 2. The molecule has 1 aromatic heterocycles. The van der Waals surface area contributed by atoms with E-state index in [-0.39, 0.29) is 11.8 Å². The Morgan fingerprint density at radius 2 is 2.25 bits per heavy atom. The summed E-state index contributed by atoms with van der Waals surface area (Å²) < 4.78 is 0. The minimum Gasteiger partial charge on any atom is -0.300 e. The number of hydrogen-bond donors (Lipinski definition) is 1. The van der Waals surface area contributed by atoms with Crippen molar-refractivity contribution in [3.8, 4) is 0 Å². The Labute approximate surface area is 99.5 Å². The van der Waals surface area contributed by atoms with Crippen LogP contribution in [0.5, 0.6) is 0 Å². The van der Waals surface area contributed by atoms with Crippen LogP contribution in [0.2, 0.25) is 0 Å². The summed E-state index contributed by atoms with van der Waals surface area (Å²) in [7, 11) is 0. The molecule has 1 N–H and O–H groups in total. The molecule has 1 aliphatic rings. The third kappa shape index (κ3) is 2.78. The molecule has 2 rings (SSSR count). The lowest BCUT2D eigenvalue weighted by atomic mass is 10.1. The van der Waals surface area contributed by atoms with E-state index in [0.717, 1.165) is 17.8 Å². The van der Waals surface area contributed by atoms with Crippen LogP contribution in [0.15, 0.2) is 0 Å². The normalized spacial score (nSPS) is 23.5. The fourth-order valence-electron chi connectivity index (χ4n) is 1.62. The van der Waals surface area contributed by atoms with E-state index in [9.17, 15) is 4.79 Å². The van der Waals surface area contributed by atoms with Gasteiger partial charge in [-0.2, -0.15) is 0 Å². The molecule has 2 atom stereocenters. The van der Waals surface area contributed by atoms with E-state index in [2.05, 4.69) is 36.3 Å². The van der Waals surface area contributed by atoms with Crippen molar-refractivity contribution in [3.05, 3.63) is 5.01 Å². The lowest BCUT2D eigenvalue weighted by Gasteiger charge is -1.98. The van der Waals surface area contributed by atoms with Gasteiger partial charge in [0.25, 0.3) is 0 Å². The summed E-state index contributed by atoms with van der Waals surface area (Å²) in [6, 6.07) is 0. The maximum Gasteiger partial charge on any atom is 0.229 e. The third-order valence-corrected chi connectivity index (χ3v) is 3.59. The molecule has 0 aliphatic heterocycles. The van der Waals surface area contributed by atoms with Gasteiger partial charge in [0.1, 0.15) is 5.01 Å². The van der Waals surface area contributed by atoms with Crippen molar-refractivity contribution in [1.82, 2.24) is 10.2 Å². The van der Waals surface area contributed by atoms with Gasteiger partial charge in [-0.15, -0.1) is 10.2 Å². The van der Waals surface area contributed by atoms with Crippen molar-refractivity contribution in [2.45, 2.75) is 33.6 Å². The van der Waals surface area contributed by atoms with E-state index < -0.39 is 0 Å². The van der Waals surface area contributed by atoms with Gasteiger partial charge in [0, 0.05) is 12.3 Å². The number of anilines is 1. The summed E-state index contributed by atoms with van der Waals surface area (Å²) in [5.74, 6) is 1.39. The number of carbonyl (C=O) groups is 1. The number of hydrogen-bond acceptors (Lipinski definition) is 4. The minimum absolute atomic E-state index is 0.0970. The van der Waals surface area contributed by atoms with Crippen LogP contribution in [-0.2, 0) is 11.2 Å². The van der Waals surface area contributed by atoms with Crippen molar-refractivity contribution in [3.63, 3.8) is 0 Å². The van der Waals surface area contributed by atoms with Gasteiger partial charge in [-0.1, -0.05) is 32.1 Å². The molecule has 0 saturated heterocycles. The monoisotopic (exact) mass is 239 g/mol. The smallest absolute Gasteiger partial charge is 0.229 e. The van der Waals surface area contributed by atoms with Crippen molar-refractivity contribution in [1.29, 1.82) is 0 Å². The quantitative estimate of drug-likeness (QED) is 0.877. The van der Waals surface area contributed by atoms with Crippen molar-refractivity contribution < 1.29 is 4.79 Å². The van der Waals surface area contributed by atoms with Gasteiger partial charge in [-0.05, 0) is 18.3 Å². The van der Waals surface area contributed by atoms with E-state index in [0.29, 0.717) is 17.0 Å². The second-order valence-electron chi connectivity index (χ2n) is 4.91. The van der Waals surface area contributed by atoms with Crippen molar-refractivity contribution in [2.75, 3.05) is 5.32 Å². The summed E-state index contributed by atoms with van der Waals surface area (Å²) in [5.41, 5.74) is 0. The predicted molar refractivity (Wildman–Crippen MR) is 64.4 cm³/mol. The van der Waals surface area contributed by atoms with Crippen LogP contribution in [0.25, 0.3) is 0 Å². The molecule has 1 fully saturated rings. The highest BCUT2D eigenvalue weighted by Crippen LogP contribution is 2.38. The van der Waals surface area contributed by atoms with Gasteiger partial charge in [0.15, 0.2) is 0 Å². The second-order valence-corrected chi connectivity index (χ2v) is 5.97. The summed E-state index contributed by atoms with van der Waals surface area (Å²) in [6.07, 6.45) is 1.93. The Hall–Kier alpha value is -0.970. The fourth-order valence-corrected chi connectivity index (χ4v) is 2.58. The first-order chi connectivity index (χ1) is 7.56. The molecule has 0 bridgehead atoms. The highest BCUT2D eigenvalue weighted by atomic mass is 32.1. The molecule has 1 amide bonds. The molecular weight excluding hydrogens is 222 g/mol. The first-order valence-electron chi connectivity index (χ1n) is 5.69. The molecule has 1 aliphatic carbocycles. The molecular formula is C11H17N3OS. The lowest BCUT2D eigenvalue weighted by Crippen LogP contribution is -2.14. The van der Waals surface area contributed by atoms with Crippen molar-refractivity contribution in [2.24, 2.45) is 17.8 Å². The van der Waals surface area contributed by atoms with Crippen LogP contribution in [0.3, 0.4) is 0 Å². The first-order valence-corrected chi connectivity index (χ1v) is 6.51. The van der Waals surface area contributed by atoms with E-state index in [1.807, 2.05) is 0 Å². The summed E-state index contributed by atoms with van der Waals surface area (Å²) in [6.45, 7) is 6.38. The van der Waals surface area contributed by atoms with Gasteiger partial charge in [0.2, 0.25) is 11.0 Å². The highest BCUT2D eigenvalue weighted by Gasteiger charge is 2.39. The molecule has 2 unspecified atom stereocenters. The number of rotatable bonds is 4. The number of amides is 1. The van der Waals surface area contributed by atoms with Crippen molar-refractivity contribution >= 4 is 22.4 Å². The molecule has 1 aromatic rings. The topological polar surface area (TPSA) is 54.9 Å². The average molecular weight is 239 g/mol. The summed E-state index contributed by atoms with van der Waals surface area (Å²) in [5, 5.41) is 12.5. The number of carbonyl (C=O) groups excluding carboxylic acids is 1. The molecule has 5 heteroatoms. The lowest BCUT2D eigenvalue weighted by molar-refractivity contribution is -0.117. The molecule has 0 aromatic carbocycles. The van der Waals surface area contributed by atoms with Gasteiger partial charge in [0.05, 0.1) is 0 Å². The van der Waals surface area contributed by atoms with Crippen LogP contribution >= 0.6 is 11.3 Å². The Bertz CT molecular complexity index is 388. The summed E-state index contributed by atoms with van der Waals surface area (Å²) in [4.78, 5) is 11.6. The zero-order chi connectivity index (χ0) is 11.7. The molecule has 88 valence electrons. The fraction of sp³-hybridized carbons (Fsp3) is 0.727. The van der Waals surface area contributed by atoms with Crippen LogP contribution in [0, 0.1) is 17.8 Å². The Morgan fingerprint density at radius 3 is 2.81 bits per heavy atom. The Kier molecular flexibility index (Phi) is 3.23. The largest absolute Gasteiger partial charge is 0.300 e. The van der Waals surface area contributed by atoms with E-state index >= 15 is 0 Å². The number of nitrogens with one attached hydrogen (secondary N) is 1. The Balaban J connectivity index is 1.89. The zero-order valence-corrected chi connectivity index (χ0v) is 10.7. The standard InChI is InChI=1S/C11H17N3OS/c1-6(2)4-9-13-14-11(16-9)12-10(15)8-5-7(8)3/h6-8H,4-5H2,1-3H3,(H,12,14,15). The maximum atomic E-state index is 11.6. The second kappa shape index (κ2) is 4.49. The van der Waals surface area contributed by atoms with Crippen LogP contribution < -0.4 is 5.32 Å². The first kappa shape index (κ1) is 11.5. The predicted octanol–water partition coefficient (Wildman–Crippen LogP) is 2.33. The SMILES string of the molecule is CC(C)Cc1nnc(NC(=O)C2CC2C)s1. The minimum atomic E-state index is 0.0970. The van der Waals surface area contributed by atoms with E-state index in [1.54, 1.807) is 0 Å². The zero-order valence-electron chi connectivity index (χ0n) is 9.86. The van der Waals surface area contributed by atoms with E-state index in [1.165, 1.54) is 11.3 Å². The molecule has 16 heavy (non-hydrogen) atoms. The maximum absolute atomic E-state index is 11.6. The molecule has 1 heterocycles. The number of aromatic nitrogens is 2. The van der Waals surface area contributed by atoms with Crippen LogP contribution in [0.1, 0.15) is 32.2 Å². The van der Waals surface area contributed by atoms with Gasteiger partial charge in [-0.25, -0.2) is 0 Å². The van der Waals surface area contributed by atoms with Crippen LogP contribution in [0.4, 0.5) is 5.13 Å². The van der Waals surface area contributed by atoms with Crippen LogP contribution in [-0.4, -0.2) is 16.1 Å².